The summed E-state index contributed by atoms with van der Waals surface area (Å²) < 4.78 is 23.2. The lowest BCUT2D eigenvalue weighted by Gasteiger charge is -2.32. The van der Waals surface area contributed by atoms with Gasteiger partial charge in [-0.25, -0.2) is 8.42 Å². The third kappa shape index (κ3) is 5.48. The van der Waals surface area contributed by atoms with Crippen LogP contribution in [-0.4, -0.2) is 51.7 Å². The lowest BCUT2D eigenvalue weighted by atomic mass is 9.96. The van der Waals surface area contributed by atoms with Crippen LogP contribution in [-0.2, 0) is 9.84 Å². The van der Waals surface area contributed by atoms with Crippen molar-refractivity contribution in [1.29, 1.82) is 0 Å². The summed E-state index contributed by atoms with van der Waals surface area (Å²) in [5, 5.41) is 3.35. The van der Waals surface area contributed by atoms with Gasteiger partial charge >= 0.3 is 0 Å². The molecule has 1 heterocycles. The molecule has 0 aromatic heterocycles. The first kappa shape index (κ1) is 19.9. The predicted octanol–water partition coefficient (Wildman–Crippen LogP) is 1.97. The molecule has 1 aromatic rings. The highest BCUT2D eigenvalue weighted by molar-refractivity contribution is 7.90. The minimum absolute atomic E-state index is 0. The van der Waals surface area contributed by atoms with Crippen molar-refractivity contribution in [3.63, 3.8) is 0 Å². The van der Waals surface area contributed by atoms with Crippen LogP contribution >= 0.6 is 12.4 Å². The number of benzene rings is 1. The standard InChI is InChI=1S/C16H24N2O3S.ClH/c1-3-17-12-13-7-9-18(10-8-13)16(19)14-5-4-6-15(11-14)22(2,20)21;/h4-6,11,13,17H,3,7-10,12H2,1-2H3;1H. The average molecular weight is 361 g/mol. The Morgan fingerprint density at radius 3 is 2.52 bits per heavy atom. The molecular weight excluding hydrogens is 336 g/mol. The fourth-order valence-electron chi connectivity index (χ4n) is 2.73. The number of nitrogens with one attached hydrogen (secondary N) is 1. The van der Waals surface area contributed by atoms with E-state index in [2.05, 4.69) is 12.2 Å². The minimum Gasteiger partial charge on any atom is -0.339 e. The van der Waals surface area contributed by atoms with Gasteiger partial charge in [-0.05, 0) is 50.0 Å². The van der Waals surface area contributed by atoms with E-state index in [4.69, 9.17) is 0 Å². The van der Waals surface area contributed by atoms with Crippen molar-refractivity contribution < 1.29 is 13.2 Å². The van der Waals surface area contributed by atoms with E-state index < -0.39 is 9.84 Å². The predicted molar refractivity (Wildman–Crippen MR) is 94.0 cm³/mol. The monoisotopic (exact) mass is 360 g/mol. The normalized spacial score (nSPS) is 16.0. The smallest absolute Gasteiger partial charge is 0.253 e. The van der Waals surface area contributed by atoms with Crippen molar-refractivity contribution >= 4 is 28.2 Å². The van der Waals surface area contributed by atoms with E-state index >= 15 is 0 Å². The van der Waals surface area contributed by atoms with E-state index in [1.807, 2.05) is 4.90 Å². The number of piperidine rings is 1. The van der Waals surface area contributed by atoms with Crippen LogP contribution in [0.15, 0.2) is 29.2 Å². The topological polar surface area (TPSA) is 66.5 Å². The molecule has 0 bridgehead atoms. The van der Waals surface area contributed by atoms with Gasteiger partial charge in [0.05, 0.1) is 4.90 Å². The van der Waals surface area contributed by atoms with Gasteiger partial charge in [0.2, 0.25) is 0 Å². The molecule has 0 saturated carbocycles. The molecule has 1 amide bonds. The zero-order valence-electron chi connectivity index (χ0n) is 13.6. The molecule has 0 unspecified atom stereocenters. The molecule has 130 valence electrons. The molecular formula is C16H25ClN2O3S. The number of sulfone groups is 1. The van der Waals surface area contributed by atoms with Crippen molar-refractivity contribution in [2.24, 2.45) is 5.92 Å². The van der Waals surface area contributed by atoms with E-state index in [1.54, 1.807) is 12.1 Å². The third-order valence-electron chi connectivity index (χ3n) is 4.09. The third-order valence-corrected chi connectivity index (χ3v) is 5.20. The van der Waals surface area contributed by atoms with Crippen LogP contribution in [0.1, 0.15) is 30.1 Å². The van der Waals surface area contributed by atoms with Gasteiger partial charge in [0.1, 0.15) is 0 Å². The Bertz CT molecular complexity index is 626. The highest BCUT2D eigenvalue weighted by atomic mass is 35.5. The van der Waals surface area contributed by atoms with Gasteiger partial charge in [-0.3, -0.25) is 4.79 Å². The molecule has 1 saturated heterocycles. The zero-order chi connectivity index (χ0) is 16.2. The van der Waals surface area contributed by atoms with Crippen LogP contribution < -0.4 is 5.32 Å². The Kier molecular flexibility index (Phi) is 7.51. The maximum atomic E-state index is 12.5. The molecule has 1 fully saturated rings. The van der Waals surface area contributed by atoms with Crippen molar-refractivity contribution in [3.8, 4) is 0 Å². The maximum Gasteiger partial charge on any atom is 0.253 e. The number of hydrogen-bond acceptors (Lipinski definition) is 4. The lowest BCUT2D eigenvalue weighted by Crippen LogP contribution is -2.40. The fourth-order valence-corrected chi connectivity index (χ4v) is 3.40. The Balaban J connectivity index is 0.00000264. The van der Waals surface area contributed by atoms with E-state index in [1.165, 1.54) is 12.1 Å². The summed E-state index contributed by atoms with van der Waals surface area (Å²) in [6.45, 7) is 5.53. The van der Waals surface area contributed by atoms with E-state index in [9.17, 15) is 13.2 Å². The molecule has 0 spiro atoms. The summed E-state index contributed by atoms with van der Waals surface area (Å²) in [6, 6.07) is 6.31. The quantitative estimate of drug-likeness (QED) is 0.871. The highest BCUT2D eigenvalue weighted by Crippen LogP contribution is 2.19. The maximum absolute atomic E-state index is 12.5. The van der Waals surface area contributed by atoms with Crippen LogP contribution in [0.25, 0.3) is 0 Å². The Labute approximate surface area is 144 Å². The second-order valence-electron chi connectivity index (χ2n) is 5.84. The van der Waals surface area contributed by atoms with Crippen molar-refractivity contribution in [2.75, 3.05) is 32.4 Å². The van der Waals surface area contributed by atoms with Gasteiger partial charge in [0.25, 0.3) is 5.91 Å². The van der Waals surface area contributed by atoms with Gasteiger partial charge in [0.15, 0.2) is 9.84 Å². The number of amides is 1. The van der Waals surface area contributed by atoms with E-state index in [-0.39, 0.29) is 23.2 Å². The number of nitrogens with zero attached hydrogens (tertiary/aromatic N) is 1. The fraction of sp³-hybridized carbons (Fsp3) is 0.562. The summed E-state index contributed by atoms with van der Waals surface area (Å²) >= 11 is 0. The molecule has 23 heavy (non-hydrogen) atoms. The summed E-state index contributed by atoms with van der Waals surface area (Å²) in [5.41, 5.74) is 0.452. The first-order valence-electron chi connectivity index (χ1n) is 7.72. The SMILES string of the molecule is CCNCC1CCN(C(=O)c2cccc(S(C)(=O)=O)c2)CC1.Cl. The summed E-state index contributed by atoms with van der Waals surface area (Å²) in [5.74, 6) is 0.541. The number of carbonyl (C=O) groups is 1. The van der Waals surface area contributed by atoms with Crippen LogP contribution in [0.4, 0.5) is 0 Å². The van der Waals surface area contributed by atoms with Gasteiger partial charge < -0.3 is 10.2 Å². The molecule has 0 radical (unpaired) electrons. The lowest BCUT2D eigenvalue weighted by molar-refractivity contribution is 0.0690. The summed E-state index contributed by atoms with van der Waals surface area (Å²) in [4.78, 5) is 14.5. The zero-order valence-corrected chi connectivity index (χ0v) is 15.3. The molecule has 0 aliphatic carbocycles. The van der Waals surface area contributed by atoms with Gasteiger partial charge in [0, 0.05) is 24.9 Å². The number of rotatable bonds is 5. The van der Waals surface area contributed by atoms with Crippen LogP contribution in [0.5, 0.6) is 0 Å². The molecule has 0 atom stereocenters. The molecule has 1 aliphatic heterocycles. The largest absolute Gasteiger partial charge is 0.339 e. The number of carbonyl (C=O) groups excluding carboxylic acids is 1. The number of halogens is 1. The summed E-state index contributed by atoms with van der Waals surface area (Å²) in [6.07, 6.45) is 3.14. The molecule has 7 heteroatoms. The molecule has 1 N–H and O–H groups in total. The Morgan fingerprint density at radius 2 is 1.96 bits per heavy atom. The first-order valence-corrected chi connectivity index (χ1v) is 9.61. The van der Waals surface area contributed by atoms with Crippen molar-refractivity contribution in [3.05, 3.63) is 29.8 Å². The number of hydrogen-bond donors (Lipinski definition) is 1. The molecule has 5 nitrogen and oxygen atoms in total. The first-order chi connectivity index (χ1) is 10.4. The Morgan fingerprint density at radius 1 is 1.30 bits per heavy atom. The second kappa shape index (κ2) is 8.66. The molecule has 2 rings (SSSR count). The van der Waals surface area contributed by atoms with E-state index in [0.717, 1.165) is 45.3 Å². The van der Waals surface area contributed by atoms with Crippen molar-refractivity contribution in [2.45, 2.75) is 24.7 Å². The highest BCUT2D eigenvalue weighted by Gasteiger charge is 2.23. The van der Waals surface area contributed by atoms with Gasteiger partial charge in [-0.15, -0.1) is 12.4 Å². The van der Waals surface area contributed by atoms with Crippen molar-refractivity contribution in [1.82, 2.24) is 10.2 Å². The van der Waals surface area contributed by atoms with Crippen LogP contribution in [0.3, 0.4) is 0 Å². The second-order valence-corrected chi connectivity index (χ2v) is 7.86. The van der Waals surface area contributed by atoms with Crippen LogP contribution in [0.2, 0.25) is 0 Å². The Hall–Kier alpha value is -1.11. The minimum atomic E-state index is -3.29. The summed E-state index contributed by atoms with van der Waals surface area (Å²) in [7, 11) is -3.29. The number of likely N-dealkylation sites (tertiary alicyclic amines) is 1. The molecule has 1 aromatic carbocycles. The molecule has 1 aliphatic rings. The average Bonchev–Trinajstić information content (AvgIpc) is 2.52. The van der Waals surface area contributed by atoms with Gasteiger partial charge in [-0.1, -0.05) is 13.0 Å². The van der Waals surface area contributed by atoms with Gasteiger partial charge in [-0.2, -0.15) is 0 Å². The van der Waals surface area contributed by atoms with E-state index in [0.29, 0.717) is 11.5 Å². The van der Waals surface area contributed by atoms with Crippen LogP contribution in [0, 0.1) is 5.92 Å².